The predicted molar refractivity (Wildman–Crippen MR) is 159 cm³/mol. The number of nitrogens with one attached hydrogen (secondary N) is 1. The van der Waals surface area contributed by atoms with Gasteiger partial charge in [-0.15, -0.1) is 0 Å². The van der Waals surface area contributed by atoms with Gasteiger partial charge in [-0.2, -0.15) is 0 Å². The molecular formula is C32H35N5O4. The number of aromatic nitrogens is 2. The average molecular weight is 554 g/mol. The fourth-order valence-corrected chi connectivity index (χ4v) is 4.71. The number of carbonyl (C=O) groups excluding carboxylic acids is 2. The van der Waals surface area contributed by atoms with Gasteiger partial charge in [0, 0.05) is 49.2 Å². The van der Waals surface area contributed by atoms with Crippen molar-refractivity contribution in [2.75, 3.05) is 58.4 Å². The Bertz CT molecular complexity index is 1450. The first kappa shape index (κ1) is 28.1. The minimum absolute atomic E-state index is 0.101. The first-order chi connectivity index (χ1) is 20.0. The lowest BCUT2D eigenvalue weighted by atomic mass is 10.1. The highest BCUT2D eigenvalue weighted by molar-refractivity contribution is 5.99. The van der Waals surface area contributed by atoms with Crippen molar-refractivity contribution in [2.24, 2.45) is 0 Å². The second-order valence-corrected chi connectivity index (χ2v) is 9.98. The molecule has 0 bridgehead atoms. The number of methoxy groups -OCH3 is 1. The van der Waals surface area contributed by atoms with Crippen LogP contribution in [0, 0.1) is 6.92 Å². The lowest BCUT2D eigenvalue weighted by Crippen LogP contribution is -2.45. The summed E-state index contributed by atoms with van der Waals surface area (Å²) in [5.74, 6) is 0.622. The molecule has 2 heterocycles. The Hall–Kier alpha value is -4.47. The van der Waals surface area contributed by atoms with Crippen LogP contribution in [0.1, 0.15) is 15.9 Å². The van der Waals surface area contributed by atoms with Crippen LogP contribution >= 0.6 is 0 Å². The number of morpholine rings is 1. The molecule has 2 amide bonds. The number of ether oxygens (including phenoxy) is 2. The highest BCUT2D eigenvalue weighted by Crippen LogP contribution is 2.26. The number of anilines is 1. The molecule has 3 aromatic carbocycles. The molecule has 212 valence electrons. The first-order valence-electron chi connectivity index (χ1n) is 13.8. The molecule has 0 unspecified atom stereocenters. The minimum Gasteiger partial charge on any atom is -0.497 e. The maximum atomic E-state index is 13.5. The van der Waals surface area contributed by atoms with Crippen LogP contribution < -0.4 is 10.1 Å². The number of nitrogens with zero attached hydrogens (tertiary/aromatic N) is 4. The molecule has 9 heteroatoms. The fourth-order valence-electron chi connectivity index (χ4n) is 4.71. The summed E-state index contributed by atoms with van der Waals surface area (Å²) >= 11 is 0. The Kier molecular flexibility index (Phi) is 9.08. The Labute approximate surface area is 240 Å². The Morgan fingerprint density at radius 1 is 0.976 bits per heavy atom. The van der Waals surface area contributed by atoms with E-state index in [0.717, 1.165) is 35.7 Å². The predicted octanol–water partition coefficient (Wildman–Crippen LogP) is 4.27. The highest BCUT2D eigenvalue weighted by atomic mass is 16.5. The third-order valence-electron chi connectivity index (χ3n) is 7.09. The van der Waals surface area contributed by atoms with Crippen LogP contribution in [-0.4, -0.2) is 84.2 Å². The summed E-state index contributed by atoms with van der Waals surface area (Å²) in [5.41, 5.74) is 4.13. The summed E-state index contributed by atoms with van der Waals surface area (Å²) in [4.78, 5) is 35.5. The molecule has 0 radical (unpaired) electrons. The van der Waals surface area contributed by atoms with Crippen molar-refractivity contribution in [1.29, 1.82) is 0 Å². The highest BCUT2D eigenvalue weighted by Gasteiger charge is 2.22. The van der Waals surface area contributed by atoms with E-state index in [2.05, 4.69) is 10.2 Å². The summed E-state index contributed by atoms with van der Waals surface area (Å²) < 4.78 is 12.6. The third kappa shape index (κ3) is 7.19. The van der Waals surface area contributed by atoms with Crippen LogP contribution in [0.5, 0.6) is 5.75 Å². The smallest absolute Gasteiger partial charge is 0.254 e. The number of benzene rings is 3. The number of hydrogen-bond acceptors (Lipinski definition) is 6. The van der Waals surface area contributed by atoms with Crippen molar-refractivity contribution >= 4 is 17.8 Å². The molecule has 0 saturated carbocycles. The summed E-state index contributed by atoms with van der Waals surface area (Å²) in [5, 5.41) is 2.97. The Balaban J connectivity index is 1.38. The molecule has 1 aliphatic rings. The number of amides is 2. The van der Waals surface area contributed by atoms with E-state index in [4.69, 9.17) is 14.5 Å². The summed E-state index contributed by atoms with van der Waals surface area (Å²) in [7, 11) is 1.63. The number of aryl methyl sites for hydroxylation is 1. The molecule has 4 aromatic rings. The number of rotatable bonds is 10. The second kappa shape index (κ2) is 13.3. The SMILES string of the molecule is COc1ccc(-c2cn(-c3ccc(C)cc3)c(NC(=O)CN(CCN3CCOCC3)C(=O)c3ccccc3)n2)cc1. The molecule has 0 spiro atoms. The van der Waals surface area contributed by atoms with Gasteiger partial charge in [-0.25, -0.2) is 4.98 Å². The zero-order valence-corrected chi connectivity index (χ0v) is 23.5. The molecule has 1 saturated heterocycles. The van der Waals surface area contributed by atoms with Gasteiger partial charge in [-0.05, 0) is 55.5 Å². The van der Waals surface area contributed by atoms with Gasteiger partial charge in [0.15, 0.2) is 0 Å². The summed E-state index contributed by atoms with van der Waals surface area (Å²) in [6.45, 7) is 5.97. The van der Waals surface area contributed by atoms with Crippen LogP contribution in [0.4, 0.5) is 5.95 Å². The lowest BCUT2D eigenvalue weighted by Gasteiger charge is -2.30. The van der Waals surface area contributed by atoms with E-state index in [1.54, 1.807) is 24.1 Å². The van der Waals surface area contributed by atoms with Gasteiger partial charge < -0.3 is 14.4 Å². The van der Waals surface area contributed by atoms with Crippen LogP contribution in [0.2, 0.25) is 0 Å². The lowest BCUT2D eigenvalue weighted by molar-refractivity contribution is -0.117. The molecule has 1 N–H and O–H groups in total. The fraction of sp³-hybridized carbons (Fsp3) is 0.281. The molecule has 0 atom stereocenters. The van der Waals surface area contributed by atoms with Crippen LogP contribution in [-0.2, 0) is 9.53 Å². The zero-order chi connectivity index (χ0) is 28.6. The quantitative estimate of drug-likeness (QED) is 0.316. The van der Waals surface area contributed by atoms with E-state index in [9.17, 15) is 9.59 Å². The van der Waals surface area contributed by atoms with Crippen molar-refractivity contribution in [3.8, 4) is 22.7 Å². The van der Waals surface area contributed by atoms with E-state index in [1.165, 1.54) is 0 Å². The summed E-state index contributed by atoms with van der Waals surface area (Å²) in [6.07, 6.45) is 1.90. The van der Waals surface area contributed by atoms with Gasteiger partial charge >= 0.3 is 0 Å². The van der Waals surface area contributed by atoms with Crippen LogP contribution in [0.15, 0.2) is 85.1 Å². The minimum atomic E-state index is -0.323. The van der Waals surface area contributed by atoms with Gasteiger partial charge in [0.2, 0.25) is 11.9 Å². The van der Waals surface area contributed by atoms with E-state index in [1.807, 2.05) is 84.4 Å². The zero-order valence-electron chi connectivity index (χ0n) is 23.5. The number of imidazole rings is 1. The van der Waals surface area contributed by atoms with Gasteiger partial charge in [0.1, 0.15) is 12.3 Å². The van der Waals surface area contributed by atoms with Gasteiger partial charge in [0.25, 0.3) is 5.91 Å². The number of hydrogen-bond donors (Lipinski definition) is 1. The molecule has 1 aromatic heterocycles. The molecule has 41 heavy (non-hydrogen) atoms. The van der Waals surface area contributed by atoms with Crippen molar-refractivity contribution in [1.82, 2.24) is 19.4 Å². The topological polar surface area (TPSA) is 88.9 Å². The van der Waals surface area contributed by atoms with Crippen LogP contribution in [0.25, 0.3) is 16.9 Å². The standard InChI is InChI=1S/C32H35N5O4/c1-24-8-12-27(13-9-24)37-22-29(25-10-14-28(40-2)15-11-25)33-32(37)34-30(38)23-36(17-16-35-18-20-41-21-19-35)31(39)26-6-4-3-5-7-26/h3-15,22H,16-21,23H2,1-2H3,(H,33,34,38). The van der Waals surface area contributed by atoms with Gasteiger partial charge in [0.05, 0.1) is 26.0 Å². The normalized spacial score (nSPS) is 13.5. The van der Waals surface area contributed by atoms with Crippen molar-refractivity contribution in [3.05, 3.63) is 96.2 Å². The maximum absolute atomic E-state index is 13.5. The van der Waals surface area contributed by atoms with Crippen molar-refractivity contribution in [3.63, 3.8) is 0 Å². The molecular weight excluding hydrogens is 518 g/mol. The maximum Gasteiger partial charge on any atom is 0.254 e. The Morgan fingerprint density at radius 3 is 2.37 bits per heavy atom. The van der Waals surface area contributed by atoms with E-state index < -0.39 is 0 Å². The molecule has 5 rings (SSSR count). The van der Waals surface area contributed by atoms with Crippen LogP contribution in [0.3, 0.4) is 0 Å². The first-order valence-corrected chi connectivity index (χ1v) is 13.8. The monoisotopic (exact) mass is 553 g/mol. The second-order valence-electron chi connectivity index (χ2n) is 9.98. The Morgan fingerprint density at radius 2 is 1.68 bits per heavy atom. The average Bonchev–Trinajstić information content (AvgIpc) is 3.43. The van der Waals surface area contributed by atoms with Gasteiger partial charge in [-0.1, -0.05) is 35.9 Å². The van der Waals surface area contributed by atoms with Crippen molar-refractivity contribution in [2.45, 2.75) is 6.92 Å². The molecule has 1 aliphatic heterocycles. The molecule has 1 fully saturated rings. The largest absolute Gasteiger partial charge is 0.497 e. The van der Waals surface area contributed by atoms with Crippen molar-refractivity contribution < 1.29 is 19.1 Å². The van der Waals surface area contributed by atoms with E-state index in [-0.39, 0.29) is 18.4 Å². The van der Waals surface area contributed by atoms with E-state index >= 15 is 0 Å². The third-order valence-corrected chi connectivity index (χ3v) is 7.09. The molecule has 0 aliphatic carbocycles. The van der Waals surface area contributed by atoms with Gasteiger partial charge in [-0.3, -0.25) is 24.4 Å². The van der Waals surface area contributed by atoms with E-state index in [0.29, 0.717) is 43.5 Å². The summed E-state index contributed by atoms with van der Waals surface area (Å²) in [6, 6.07) is 24.7. The molecule has 9 nitrogen and oxygen atoms in total. The number of carbonyl (C=O) groups is 2.